The van der Waals surface area contributed by atoms with Gasteiger partial charge in [-0.3, -0.25) is 0 Å². The predicted molar refractivity (Wildman–Crippen MR) is 41.8 cm³/mol. The van der Waals surface area contributed by atoms with Gasteiger partial charge in [0.1, 0.15) is 5.17 Å². The third kappa shape index (κ3) is 1.64. The fourth-order valence-corrected chi connectivity index (χ4v) is 0.934. The highest BCUT2D eigenvalue weighted by Crippen LogP contribution is 2.17. The van der Waals surface area contributed by atoms with Gasteiger partial charge in [0, 0.05) is 6.20 Å². The van der Waals surface area contributed by atoms with Crippen LogP contribution in [0.5, 0.6) is 0 Å². The van der Waals surface area contributed by atoms with Crippen LogP contribution in [-0.2, 0) is 4.79 Å². The first-order valence-corrected chi connectivity index (χ1v) is 3.42. The normalized spacial score (nSPS) is 29.1. The molecule has 0 fully saturated rings. The van der Waals surface area contributed by atoms with Crippen molar-refractivity contribution in [2.75, 3.05) is 0 Å². The van der Waals surface area contributed by atoms with Crippen LogP contribution in [0.15, 0.2) is 17.3 Å². The lowest BCUT2D eigenvalue weighted by Gasteiger charge is -2.20. The zero-order valence-electron chi connectivity index (χ0n) is 5.21. The third-order valence-electron chi connectivity index (χ3n) is 1.04. The Morgan fingerprint density at radius 1 is 1.82 bits per heavy atom. The molecule has 1 aliphatic rings. The zero-order chi connectivity index (χ0) is 8.48. The Morgan fingerprint density at radius 2 is 2.45 bits per heavy atom. The molecule has 0 spiro atoms. The number of carbonyl (C=O) groups is 1. The molecule has 6 heteroatoms. The van der Waals surface area contributed by atoms with E-state index in [1.165, 1.54) is 12.3 Å². The zero-order valence-corrected chi connectivity index (χ0v) is 6.73. The van der Waals surface area contributed by atoms with Crippen LogP contribution in [0.25, 0.3) is 0 Å². The van der Waals surface area contributed by atoms with Crippen molar-refractivity contribution in [1.29, 1.82) is 0 Å². The van der Waals surface area contributed by atoms with Gasteiger partial charge in [-0.2, -0.15) is 0 Å². The van der Waals surface area contributed by atoms with Crippen LogP contribution >= 0.6 is 23.2 Å². The smallest absolute Gasteiger partial charge is 0.369 e. The first-order valence-electron chi connectivity index (χ1n) is 2.66. The molecule has 0 aromatic heterocycles. The Balaban J connectivity index is 2.92. The summed E-state index contributed by atoms with van der Waals surface area (Å²) in [5.41, 5.74) is 0. The van der Waals surface area contributed by atoms with Crippen molar-refractivity contribution in [2.24, 2.45) is 4.99 Å². The van der Waals surface area contributed by atoms with Crippen molar-refractivity contribution in [1.82, 2.24) is 5.32 Å². The highest BCUT2D eigenvalue weighted by atomic mass is 35.5. The minimum atomic E-state index is -1.84. The lowest BCUT2D eigenvalue weighted by molar-refractivity contribution is -0.140. The van der Waals surface area contributed by atoms with Crippen molar-refractivity contribution in [2.45, 2.75) is 5.12 Å². The van der Waals surface area contributed by atoms with Gasteiger partial charge in [-0.05, 0) is 6.08 Å². The molecule has 0 saturated heterocycles. The molecular weight excluding hydrogens is 191 g/mol. The largest absolute Gasteiger partial charge is 0.477 e. The number of nitrogens with one attached hydrogen (secondary N) is 1. The molecule has 0 aromatic rings. The average molecular weight is 195 g/mol. The van der Waals surface area contributed by atoms with E-state index in [-0.39, 0.29) is 5.17 Å². The summed E-state index contributed by atoms with van der Waals surface area (Å²) in [5, 5.41) is 9.08. The molecule has 1 atom stereocenters. The summed E-state index contributed by atoms with van der Waals surface area (Å²) < 4.78 is 0. The Bertz CT molecular complexity index is 251. The van der Waals surface area contributed by atoms with Gasteiger partial charge in [-0.1, -0.05) is 23.2 Å². The number of alkyl halides is 1. The van der Waals surface area contributed by atoms with E-state index < -0.39 is 11.1 Å². The number of rotatable bonds is 1. The lowest BCUT2D eigenvalue weighted by atomic mass is 10.4. The summed E-state index contributed by atoms with van der Waals surface area (Å²) in [4.78, 5) is 13.9. The maximum atomic E-state index is 10.4. The second-order valence-electron chi connectivity index (χ2n) is 1.84. The molecule has 11 heavy (non-hydrogen) atoms. The monoisotopic (exact) mass is 194 g/mol. The van der Waals surface area contributed by atoms with E-state index in [0.29, 0.717) is 0 Å². The Labute approximate surface area is 72.5 Å². The maximum Gasteiger partial charge on any atom is 0.369 e. The predicted octanol–water partition coefficient (Wildman–Crippen LogP) is 0.718. The molecule has 1 unspecified atom stereocenters. The van der Waals surface area contributed by atoms with E-state index in [9.17, 15) is 4.79 Å². The molecule has 0 amide bonds. The van der Waals surface area contributed by atoms with Gasteiger partial charge in [0.05, 0.1) is 0 Å². The highest BCUT2D eigenvalue weighted by Gasteiger charge is 2.36. The summed E-state index contributed by atoms with van der Waals surface area (Å²) in [5.74, 6) is -1.29. The van der Waals surface area contributed by atoms with Gasteiger partial charge in [0.15, 0.2) is 0 Å². The van der Waals surface area contributed by atoms with Gasteiger partial charge >= 0.3 is 11.1 Å². The number of carboxylic acid groups (broad SMARTS) is 1. The molecule has 0 radical (unpaired) electrons. The topological polar surface area (TPSA) is 61.7 Å². The van der Waals surface area contributed by atoms with Gasteiger partial charge < -0.3 is 10.4 Å². The van der Waals surface area contributed by atoms with Crippen molar-refractivity contribution in [3.05, 3.63) is 12.3 Å². The van der Waals surface area contributed by atoms with E-state index >= 15 is 0 Å². The molecule has 0 aromatic carbocycles. The number of hydrogen-bond acceptors (Lipinski definition) is 3. The minimum Gasteiger partial charge on any atom is -0.477 e. The van der Waals surface area contributed by atoms with Crippen LogP contribution < -0.4 is 5.32 Å². The Morgan fingerprint density at radius 3 is 2.82 bits per heavy atom. The number of halogens is 2. The van der Waals surface area contributed by atoms with Crippen molar-refractivity contribution in [3.63, 3.8) is 0 Å². The first-order chi connectivity index (χ1) is 5.04. The van der Waals surface area contributed by atoms with E-state index in [4.69, 9.17) is 28.3 Å². The second kappa shape index (κ2) is 2.71. The summed E-state index contributed by atoms with van der Waals surface area (Å²) in [6.07, 6.45) is 2.74. The van der Waals surface area contributed by atoms with Gasteiger partial charge in [-0.25, -0.2) is 9.79 Å². The van der Waals surface area contributed by atoms with Crippen molar-refractivity contribution < 1.29 is 9.90 Å². The van der Waals surface area contributed by atoms with Crippen LogP contribution in [-0.4, -0.2) is 21.4 Å². The van der Waals surface area contributed by atoms with Crippen LogP contribution in [0.2, 0.25) is 0 Å². The molecule has 4 nitrogen and oxygen atoms in total. The molecule has 1 heterocycles. The van der Waals surface area contributed by atoms with Gasteiger partial charge in [-0.15, -0.1) is 0 Å². The van der Waals surface area contributed by atoms with Crippen LogP contribution in [0, 0.1) is 0 Å². The standard InChI is InChI=1S/C5H4Cl2N2O2/c6-3-1-2-8-5(7,9-3)4(10)11/h1-2,8H,(H,10,11). The van der Waals surface area contributed by atoms with E-state index in [0.717, 1.165) is 0 Å². The number of nitrogens with zero attached hydrogens (tertiary/aromatic N) is 1. The minimum absolute atomic E-state index is 0.0566. The highest BCUT2D eigenvalue weighted by molar-refractivity contribution is 6.69. The SMILES string of the molecule is O=C(O)C1(Cl)N=C(Cl)C=CN1. The van der Waals surface area contributed by atoms with Gasteiger partial charge in [0.2, 0.25) is 0 Å². The van der Waals surface area contributed by atoms with Gasteiger partial charge in [0.25, 0.3) is 0 Å². The molecule has 1 rings (SSSR count). The van der Waals surface area contributed by atoms with E-state index in [2.05, 4.69) is 10.3 Å². The fraction of sp³-hybridized carbons (Fsp3) is 0.200. The molecule has 0 saturated carbocycles. The Kier molecular flexibility index (Phi) is 2.06. The summed E-state index contributed by atoms with van der Waals surface area (Å²) >= 11 is 10.9. The number of aliphatic imine (C=N–C) groups is 1. The Hall–Kier alpha value is -0.740. The molecule has 1 aliphatic heterocycles. The van der Waals surface area contributed by atoms with E-state index in [1.54, 1.807) is 0 Å². The van der Waals surface area contributed by atoms with Crippen LogP contribution in [0.1, 0.15) is 0 Å². The summed E-state index contributed by atoms with van der Waals surface area (Å²) in [7, 11) is 0. The number of allylic oxidation sites excluding steroid dienone is 1. The van der Waals surface area contributed by atoms with Crippen molar-refractivity contribution in [3.8, 4) is 0 Å². The third-order valence-corrected chi connectivity index (χ3v) is 1.61. The first kappa shape index (κ1) is 8.36. The summed E-state index contributed by atoms with van der Waals surface area (Å²) in [6.45, 7) is 0. The number of carboxylic acids is 1. The maximum absolute atomic E-state index is 10.4. The number of aliphatic carboxylic acids is 1. The van der Waals surface area contributed by atoms with Crippen LogP contribution in [0.4, 0.5) is 0 Å². The van der Waals surface area contributed by atoms with Crippen LogP contribution in [0.3, 0.4) is 0 Å². The summed E-state index contributed by atoms with van der Waals surface area (Å²) in [6, 6.07) is 0. The second-order valence-corrected chi connectivity index (χ2v) is 2.77. The number of hydrogen-bond donors (Lipinski definition) is 2. The quantitative estimate of drug-likeness (QED) is 0.478. The molecule has 0 bridgehead atoms. The fourth-order valence-electron chi connectivity index (χ4n) is 0.547. The van der Waals surface area contributed by atoms with E-state index in [1.807, 2.05) is 0 Å². The average Bonchev–Trinajstić information content (AvgIpc) is 1.86. The van der Waals surface area contributed by atoms with Crippen molar-refractivity contribution >= 4 is 34.3 Å². The molecule has 60 valence electrons. The molecule has 0 aliphatic carbocycles. The lowest BCUT2D eigenvalue weighted by Crippen LogP contribution is -2.44. The molecule has 2 N–H and O–H groups in total. The molecular formula is C5H4Cl2N2O2.